The summed E-state index contributed by atoms with van der Waals surface area (Å²) in [6.07, 6.45) is 18.8. The number of carbonyl (C=O) groups excluding carboxylic acids is 1. The molecular weight excluding hydrogens is 436 g/mol. The van der Waals surface area contributed by atoms with Crippen LogP contribution in [0.4, 0.5) is 4.79 Å². The van der Waals surface area contributed by atoms with E-state index in [1.165, 1.54) is 0 Å². The molecule has 0 spiro atoms. The van der Waals surface area contributed by atoms with Gasteiger partial charge in [0.2, 0.25) is 0 Å². The predicted octanol–water partition coefficient (Wildman–Crippen LogP) is 5.34. The molecule has 0 aromatic carbocycles. The minimum Gasteiger partial charge on any atom is -0.346 e. The second-order valence-electron chi connectivity index (χ2n) is 8.08. The Hall–Kier alpha value is -3.58. The van der Waals surface area contributed by atoms with E-state index >= 15 is 0 Å². The Morgan fingerprint density at radius 3 is 2.94 bits per heavy atom. The van der Waals surface area contributed by atoms with E-state index in [-0.39, 0.29) is 12.1 Å². The van der Waals surface area contributed by atoms with Crippen molar-refractivity contribution in [1.82, 2.24) is 30.4 Å². The molecule has 1 unspecified atom stereocenters. The molecule has 8 heteroatoms. The van der Waals surface area contributed by atoms with E-state index in [0.717, 1.165) is 58.5 Å². The monoisotopic (exact) mass is 460 g/mol. The van der Waals surface area contributed by atoms with E-state index < -0.39 is 0 Å². The predicted molar refractivity (Wildman–Crippen MR) is 132 cm³/mol. The van der Waals surface area contributed by atoms with Gasteiger partial charge < -0.3 is 15.6 Å². The van der Waals surface area contributed by atoms with Crippen molar-refractivity contribution in [1.29, 1.82) is 0 Å². The van der Waals surface area contributed by atoms with Gasteiger partial charge in [-0.3, -0.25) is 4.68 Å². The molecule has 3 heterocycles. The molecule has 3 aromatic heterocycles. The van der Waals surface area contributed by atoms with E-state index in [0.29, 0.717) is 11.6 Å². The van der Waals surface area contributed by atoms with Crippen LogP contribution in [0.3, 0.4) is 0 Å². The van der Waals surface area contributed by atoms with Gasteiger partial charge in [0.15, 0.2) is 0 Å². The number of halogens is 1. The smallest absolute Gasteiger partial charge is 0.319 e. The van der Waals surface area contributed by atoms with Crippen LogP contribution in [0.2, 0.25) is 5.15 Å². The second kappa shape index (κ2) is 9.11. The molecule has 2 aliphatic carbocycles. The second-order valence-corrected chi connectivity index (χ2v) is 8.47. The van der Waals surface area contributed by atoms with E-state index in [4.69, 9.17) is 16.7 Å². The fourth-order valence-corrected chi connectivity index (χ4v) is 4.36. The minimum absolute atomic E-state index is 0.0784. The number of fused-ring (bicyclic) bond motifs is 1. The Morgan fingerprint density at radius 1 is 1.27 bits per heavy atom. The van der Waals surface area contributed by atoms with Crippen LogP contribution in [0.1, 0.15) is 31.9 Å². The molecule has 0 saturated carbocycles. The van der Waals surface area contributed by atoms with Crippen LogP contribution >= 0.6 is 11.6 Å². The number of amides is 2. The van der Waals surface area contributed by atoms with Gasteiger partial charge in [0.1, 0.15) is 10.8 Å². The lowest BCUT2D eigenvalue weighted by atomic mass is 9.95. The van der Waals surface area contributed by atoms with Gasteiger partial charge >= 0.3 is 6.03 Å². The maximum absolute atomic E-state index is 12.4. The number of aromatic amines is 1. The SMILES string of the molecule is CCn1cc(-c2cc(Cl)nc3[nH]ccc23)c(C2=CCC(NC(=O)NC3=CCCC=C3)C=C2)n1. The number of hydrogen-bond acceptors (Lipinski definition) is 3. The topological polar surface area (TPSA) is 87.6 Å². The highest BCUT2D eigenvalue weighted by atomic mass is 35.5. The Balaban J connectivity index is 1.37. The lowest BCUT2D eigenvalue weighted by Gasteiger charge is -2.19. The van der Waals surface area contributed by atoms with E-state index in [1.54, 1.807) is 0 Å². The van der Waals surface area contributed by atoms with Gasteiger partial charge in [-0.15, -0.1) is 0 Å². The molecule has 7 nitrogen and oxygen atoms in total. The number of carbonyl (C=O) groups is 1. The summed E-state index contributed by atoms with van der Waals surface area (Å²) >= 11 is 6.31. The molecule has 0 radical (unpaired) electrons. The summed E-state index contributed by atoms with van der Waals surface area (Å²) < 4.78 is 1.93. The molecular formula is C25H25ClN6O. The van der Waals surface area contributed by atoms with Crippen LogP contribution in [-0.4, -0.2) is 31.8 Å². The number of aryl methyl sites for hydroxylation is 1. The van der Waals surface area contributed by atoms with Crippen molar-refractivity contribution in [2.75, 3.05) is 0 Å². The summed E-state index contributed by atoms with van der Waals surface area (Å²) in [5, 5.41) is 12.2. The van der Waals surface area contributed by atoms with Crippen LogP contribution in [0.5, 0.6) is 0 Å². The van der Waals surface area contributed by atoms with Crippen LogP contribution in [-0.2, 0) is 6.54 Å². The number of urea groups is 1. The van der Waals surface area contributed by atoms with Gasteiger partial charge in [0, 0.05) is 35.6 Å². The molecule has 0 saturated heterocycles. The summed E-state index contributed by atoms with van der Waals surface area (Å²) in [5.74, 6) is 0. The molecule has 2 aliphatic rings. The minimum atomic E-state index is -0.198. The van der Waals surface area contributed by atoms with Gasteiger partial charge in [-0.2, -0.15) is 5.10 Å². The zero-order valence-corrected chi connectivity index (χ0v) is 19.1. The molecule has 5 rings (SSSR count). The Kier molecular flexibility index (Phi) is 5.88. The Morgan fingerprint density at radius 2 is 2.18 bits per heavy atom. The zero-order chi connectivity index (χ0) is 22.8. The average molecular weight is 461 g/mol. The first-order valence-corrected chi connectivity index (χ1v) is 11.5. The number of pyridine rings is 1. The maximum Gasteiger partial charge on any atom is 0.319 e. The molecule has 3 N–H and O–H groups in total. The molecule has 33 heavy (non-hydrogen) atoms. The van der Waals surface area contributed by atoms with Gasteiger partial charge in [-0.25, -0.2) is 9.78 Å². The normalized spacial score (nSPS) is 17.7. The molecule has 0 bridgehead atoms. The molecule has 0 aliphatic heterocycles. The Labute approximate surface area is 196 Å². The van der Waals surface area contributed by atoms with E-state index in [1.807, 2.05) is 53.5 Å². The summed E-state index contributed by atoms with van der Waals surface area (Å²) in [7, 11) is 0. The highest BCUT2D eigenvalue weighted by molar-refractivity contribution is 6.30. The lowest BCUT2D eigenvalue weighted by Crippen LogP contribution is -2.41. The van der Waals surface area contributed by atoms with Gasteiger partial charge in [-0.05, 0) is 55.5 Å². The van der Waals surface area contributed by atoms with Crippen LogP contribution < -0.4 is 10.6 Å². The van der Waals surface area contributed by atoms with E-state index in [9.17, 15) is 4.79 Å². The molecule has 3 aromatic rings. The molecule has 168 valence electrons. The maximum atomic E-state index is 12.4. The van der Waals surface area contributed by atoms with Crippen molar-refractivity contribution in [2.24, 2.45) is 0 Å². The summed E-state index contributed by atoms with van der Waals surface area (Å²) in [4.78, 5) is 19.9. The van der Waals surface area contributed by atoms with Crippen molar-refractivity contribution >= 4 is 34.2 Å². The third-order valence-electron chi connectivity index (χ3n) is 5.82. The fourth-order valence-electron chi connectivity index (χ4n) is 4.17. The Bertz CT molecular complexity index is 1330. The average Bonchev–Trinajstić information content (AvgIpc) is 3.47. The standard InChI is InChI=1S/C25H25ClN6O/c1-2-32-15-21(20-14-22(26)30-24-19(20)12-13-27-24)23(31-32)16-8-10-18(11-9-16)29-25(33)28-17-6-4-3-5-7-17/h4,6-10,12-15,18H,2-3,5,11H2,1H3,(H,27,30)(H2,28,29,33). The summed E-state index contributed by atoms with van der Waals surface area (Å²) in [6, 6.07) is 3.61. The largest absolute Gasteiger partial charge is 0.346 e. The lowest BCUT2D eigenvalue weighted by molar-refractivity contribution is 0.241. The highest BCUT2D eigenvalue weighted by Crippen LogP contribution is 2.35. The summed E-state index contributed by atoms with van der Waals surface area (Å²) in [6.45, 7) is 2.82. The first-order valence-electron chi connectivity index (χ1n) is 11.1. The number of hydrogen-bond donors (Lipinski definition) is 3. The highest BCUT2D eigenvalue weighted by Gasteiger charge is 2.20. The number of nitrogens with one attached hydrogen (secondary N) is 3. The van der Waals surface area contributed by atoms with Crippen molar-refractivity contribution in [3.63, 3.8) is 0 Å². The van der Waals surface area contributed by atoms with Crippen LogP contribution in [0, 0.1) is 0 Å². The summed E-state index contributed by atoms with van der Waals surface area (Å²) in [5.41, 5.74) is 5.49. The van der Waals surface area contributed by atoms with Gasteiger partial charge in [0.05, 0.1) is 11.7 Å². The number of nitrogens with zero attached hydrogens (tertiary/aromatic N) is 3. The third kappa shape index (κ3) is 4.50. The number of aromatic nitrogens is 4. The number of H-pyrrole nitrogens is 1. The van der Waals surface area contributed by atoms with Crippen molar-refractivity contribution < 1.29 is 4.79 Å². The first kappa shape index (κ1) is 21.3. The quantitative estimate of drug-likeness (QED) is 0.449. The molecule has 2 amide bonds. The zero-order valence-electron chi connectivity index (χ0n) is 18.3. The first-order chi connectivity index (χ1) is 16.1. The van der Waals surface area contributed by atoms with Crippen LogP contribution in [0.25, 0.3) is 27.7 Å². The molecule has 1 atom stereocenters. The number of allylic oxidation sites excluding steroid dienone is 5. The van der Waals surface area contributed by atoms with Crippen molar-refractivity contribution in [3.05, 3.63) is 77.5 Å². The van der Waals surface area contributed by atoms with Crippen molar-refractivity contribution in [3.8, 4) is 11.1 Å². The third-order valence-corrected chi connectivity index (χ3v) is 6.01. The molecule has 0 fully saturated rings. The van der Waals surface area contributed by atoms with Gasteiger partial charge in [-0.1, -0.05) is 42.0 Å². The number of rotatable bonds is 5. The van der Waals surface area contributed by atoms with Crippen molar-refractivity contribution in [2.45, 2.75) is 38.8 Å². The fraction of sp³-hybridized carbons (Fsp3) is 0.240. The van der Waals surface area contributed by atoms with Crippen LogP contribution in [0.15, 0.2) is 66.7 Å². The van der Waals surface area contributed by atoms with Gasteiger partial charge in [0.25, 0.3) is 0 Å². The van der Waals surface area contributed by atoms with E-state index in [2.05, 4.69) is 39.7 Å².